The second kappa shape index (κ2) is 8.90. The van der Waals surface area contributed by atoms with Gasteiger partial charge in [0.2, 0.25) is 0 Å². The fraction of sp³-hybridized carbons (Fsp3) is 0.300. The van der Waals surface area contributed by atoms with E-state index in [1.54, 1.807) is 24.1 Å². The van der Waals surface area contributed by atoms with E-state index in [0.29, 0.717) is 31.1 Å². The molecule has 0 aliphatic rings. The Balaban J connectivity index is 1.95. The van der Waals surface area contributed by atoms with Crippen molar-refractivity contribution in [2.24, 2.45) is 0 Å². The summed E-state index contributed by atoms with van der Waals surface area (Å²) in [6.45, 7) is 2.56. The first-order valence-electron chi connectivity index (χ1n) is 8.92. The number of methoxy groups -OCH3 is 1. The zero-order valence-electron chi connectivity index (χ0n) is 15.7. The molecule has 148 valence electrons. The summed E-state index contributed by atoms with van der Waals surface area (Å²) in [7, 11) is 1.60. The van der Waals surface area contributed by atoms with Crippen LogP contribution in [-0.4, -0.2) is 33.1 Å². The number of benzene rings is 1. The number of hydrogen-bond donors (Lipinski definition) is 2. The average molecular weight is 388 g/mol. The van der Waals surface area contributed by atoms with Crippen molar-refractivity contribution >= 4 is 11.5 Å². The standard InChI is InChI=1S/C20H22F2N4O2/c1-3-16(27)11-26-19(13-6-7-23-15(8-13)12-28-2)10-20(25-26)24-14-4-5-17(21)18(22)9-14/h4-10,16,27H,3,11-12H2,1-2H3,(H,24,25). The molecule has 0 fully saturated rings. The first-order valence-corrected chi connectivity index (χ1v) is 8.92. The minimum absolute atomic E-state index is 0.299. The maximum Gasteiger partial charge on any atom is 0.160 e. The van der Waals surface area contributed by atoms with Crippen LogP contribution < -0.4 is 5.32 Å². The van der Waals surface area contributed by atoms with Crippen LogP contribution in [0.3, 0.4) is 0 Å². The fourth-order valence-corrected chi connectivity index (χ4v) is 2.76. The summed E-state index contributed by atoms with van der Waals surface area (Å²) in [5.41, 5.74) is 2.76. The zero-order valence-corrected chi connectivity index (χ0v) is 15.7. The molecular weight excluding hydrogens is 366 g/mol. The summed E-state index contributed by atoms with van der Waals surface area (Å²) < 4.78 is 33.4. The minimum atomic E-state index is -0.940. The Bertz CT molecular complexity index is 946. The number of hydrogen-bond acceptors (Lipinski definition) is 5. The predicted molar refractivity (Wildman–Crippen MR) is 102 cm³/mol. The molecule has 8 heteroatoms. The number of aromatic nitrogens is 3. The first kappa shape index (κ1) is 19.9. The molecule has 2 aromatic heterocycles. The number of halogens is 2. The lowest BCUT2D eigenvalue weighted by Gasteiger charge is -2.12. The number of pyridine rings is 1. The van der Waals surface area contributed by atoms with E-state index in [4.69, 9.17) is 4.74 Å². The summed E-state index contributed by atoms with van der Waals surface area (Å²) in [6.07, 6.45) is 1.70. The summed E-state index contributed by atoms with van der Waals surface area (Å²) in [6, 6.07) is 9.06. The van der Waals surface area contributed by atoms with Gasteiger partial charge in [-0.05, 0) is 30.7 Å². The van der Waals surface area contributed by atoms with E-state index in [0.717, 1.165) is 29.1 Å². The first-order chi connectivity index (χ1) is 13.5. The van der Waals surface area contributed by atoms with Gasteiger partial charge in [0.1, 0.15) is 0 Å². The summed E-state index contributed by atoms with van der Waals surface area (Å²) in [5.74, 6) is -1.40. The highest BCUT2D eigenvalue weighted by atomic mass is 19.2. The van der Waals surface area contributed by atoms with Gasteiger partial charge in [0.25, 0.3) is 0 Å². The Labute approximate surface area is 161 Å². The largest absolute Gasteiger partial charge is 0.391 e. The smallest absolute Gasteiger partial charge is 0.160 e. The van der Waals surface area contributed by atoms with Crippen LogP contribution in [0.15, 0.2) is 42.6 Å². The van der Waals surface area contributed by atoms with E-state index in [2.05, 4.69) is 15.4 Å². The van der Waals surface area contributed by atoms with E-state index in [9.17, 15) is 13.9 Å². The van der Waals surface area contributed by atoms with E-state index >= 15 is 0 Å². The highest BCUT2D eigenvalue weighted by molar-refractivity contribution is 5.66. The predicted octanol–water partition coefficient (Wildman–Crippen LogP) is 3.88. The lowest BCUT2D eigenvalue weighted by molar-refractivity contribution is 0.146. The third-order valence-corrected chi connectivity index (χ3v) is 4.23. The number of nitrogens with zero attached hydrogens (tertiary/aromatic N) is 3. The topological polar surface area (TPSA) is 72.2 Å². The van der Waals surface area contributed by atoms with Gasteiger partial charge in [-0.3, -0.25) is 9.67 Å². The number of aliphatic hydroxyl groups is 1. The van der Waals surface area contributed by atoms with Gasteiger partial charge in [-0.1, -0.05) is 6.92 Å². The van der Waals surface area contributed by atoms with E-state index in [-0.39, 0.29) is 0 Å². The molecule has 0 spiro atoms. The summed E-state index contributed by atoms with van der Waals surface area (Å²) in [5, 5.41) is 17.5. The van der Waals surface area contributed by atoms with Crippen LogP contribution >= 0.6 is 0 Å². The maximum absolute atomic E-state index is 13.5. The molecule has 3 aromatic rings. The molecule has 0 saturated heterocycles. The van der Waals surface area contributed by atoms with Gasteiger partial charge in [0.05, 0.1) is 30.6 Å². The van der Waals surface area contributed by atoms with Crippen LogP contribution in [0, 0.1) is 11.6 Å². The van der Waals surface area contributed by atoms with E-state index in [1.807, 2.05) is 19.1 Å². The van der Waals surface area contributed by atoms with E-state index < -0.39 is 17.7 Å². The Morgan fingerprint density at radius 2 is 2.00 bits per heavy atom. The van der Waals surface area contributed by atoms with Crippen molar-refractivity contribution in [2.75, 3.05) is 12.4 Å². The van der Waals surface area contributed by atoms with Gasteiger partial charge in [0.15, 0.2) is 17.5 Å². The molecule has 1 aromatic carbocycles. The second-order valence-corrected chi connectivity index (χ2v) is 6.38. The van der Waals surface area contributed by atoms with E-state index in [1.165, 1.54) is 6.07 Å². The highest BCUT2D eigenvalue weighted by Crippen LogP contribution is 2.26. The fourth-order valence-electron chi connectivity index (χ4n) is 2.76. The number of rotatable bonds is 8. The third-order valence-electron chi connectivity index (χ3n) is 4.23. The molecular formula is C20H22F2N4O2. The maximum atomic E-state index is 13.5. The molecule has 0 bridgehead atoms. The second-order valence-electron chi connectivity index (χ2n) is 6.38. The van der Waals surface area contributed by atoms with Crippen molar-refractivity contribution in [1.29, 1.82) is 0 Å². The minimum Gasteiger partial charge on any atom is -0.391 e. The molecule has 6 nitrogen and oxygen atoms in total. The van der Waals surface area contributed by atoms with Crippen LogP contribution in [0.4, 0.5) is 20.3 Å². The van der Waals surface area contributed by atoms with Crippen molar-refractivity contribution < 1.29 is 18.6 Å². The van der Waals surface area contributed by atoms with Gasteiger partial charge in [-0.25, -0.2) is 8.78 Å². The molecule has 3 rings (SSSR count). The van der Waals surface area contributed by atoms with Gasteiger partial charge < -0.3 is 15.2 Å². The zero-order chi connectivity index (χ0) is 20.1. The van der Waals surface area contributed by atoms with Gasteiger partial charge >= 0.3 is 0 Å². The molecule has 1 atom stereocenters. The Morgan fingerprint density at radius 1 is 1.18 bits per heavy atom. The Morgan fingerprint density at radius 3 is 2.71 bits per heavy atom. The number of anilines is 2. The molecule has 28 heavy (non-hydrogen) atoms. The van der Waals surface area contributed by atoms with Crippen molar-refractivity contribution in [3.05, 3.63) is 59.9 Å². The molecule has 2 heterocycles. The van der Waals surface area contributed by atoms with Crippen LogP contribution in [0.5, 0.6) is 0 Å². The molecule has 0 radical (unpaired) electrons. The van der Waals surface area contributed by atoms with Crippen molar-refractivity contribution in [2.45, 2.75) is 32.6 Å². The number of ether oxygens (including phenoxy) is 1. The van der Waals surface area contributed by atoms with Crippen LogP contribution in [0.1, 0.15) is 19.0 Å². The van der Waals surface area contributed by atoms with Gasteiger partial charge in [-0.15, -0.1) is 0 Å². The molecule has 0 amide bonds. The lowest BCUT2D eigenvalue weighted by Crippen LogP contribution is -2.16. The highest BCUT2D eigenvalue weighted by Gasteiger charge is 2.14. The number of aliphatic hydroxyl groups excluding tert-OH is 1. The van der Waals surface area contributed by atoms with Crippen LogP contribution in [-0.2, 0) is 17.9 Å². The van der Waals surface area contributed by atoms with Crippen molar-refractivity contribution in [3.63, 3.8) is 0 Å². The Kier molecular flexibility index (Phi) is 6.33. The lowest BCUT2D eigenvalue weighted by atomic mass is 10.1. The van der Waals surface area contributed by atoms with Gasteiger partial charge in [-0.2, -0.15) is 5.10 Å². The summed E-state index contributed by atoms with van der Waals surface area (Å²) in [4.78, 5) is 4.26. The SMILES string of the molecule is CCC(O)Cn1nc(Nc2ccc(F)c(F)c2)cc1-c1ccnc(COC)c1. The van der Waals surface area contributed by atoms with Crippen molar-refractivity contribution in [1.82, 2.24) is 14.8 Å². The third kappa shape index (κ3) is 4.71. The normalized spacial score (nSPS) is 12.2. The average Bonchev–Trinajstić information content (AvgIpc) is 3.07. The quantitative estimate of drug-likeness (QED) is 0.613. The molecule has 0 aliphatic heterocycles. The molecule has 0 saturated carbocycles. The van der Waals surface area contributed by atoms with Crippen LogP contribution in [0.2, 0.25) is 0 Å². The summed E-state index contributed by atoms with van der Waals surface area (Å²) >= 11 is 0. The monoisotopic (exact) mass is 388 g/mol. The van der Waals surface area contributed by atoms with Crippen molar-refractivity contribution in [3.8, 4) is 11.3 Å². The number of nitrogens with one attached hydrogen (secondary N) is 1. The molecule has 2 N–H and O–H groups in total. The molecule has 1 unspecified atom stereocenters. The van der Waals surface area contributed by atoms with Crippen LogP contribution in [0.25, 0.3) is 11.3 Å². The van der Waals surface area contributed by atoms with Gasteiger partial charge in [0, 0.05) is 36.7 Å². The Hall–Kier alpha value is -2.84. The molecule has 0 aliphatic carbocycles.